The third kappa shape index (κ3) is 5.92. The summed E-state index contributed by atoms with van der Waals surface area (Å²) in [7, 11) is 0. The Bertz CT molecular complexity index is 1000. The molecule has 1 amide bonds. The fourth-order valence-corrected chi connectivity index (χ4v) is 4.23. The summed E-state index contributed by atoms with van der Waals surface area (Å²) in [6.07, 6.45) is 6.47. The molecule has 4 rings (SSSR count). The summed E-state index contributed by atoms with van der Waals surface area (Å²) in [5, 5.41) is 7.56. The molecule has 1 aliphatic heterocycles. The van der Waals surface area contributed by atoms with Crippen LogP contribution in [0.15, 0.2) is 78.5 Å². The van der Waals surface area contributed by atoms with Crippen molar-refractivity contribution < 1.29 is 4.79 Å². The van der Waals surface area contributed by atoms with Crippen LogP contribution in [0.3, 0.4) is 0 Å². The van der Waals surface area contributed by atoms with Crippen molar-refractivity contribution >= 4 is 17.8 Å². The van der Waals surface area contributed by atoms with Crippen molar-refractivity contribution in [3.8, 4) is 0 Å². The second kappa shape index (κ2) is 10.2. The zero-order chi connectivity index (χ0) is 21.5. The average molecular weight is 415 g/mol. The number of likely N-dealkylation sites (tertiary alicyclic amines) is 1. The highest BCUT2D eigenvalue weighted by molar-refractivity contribution is 5.91. The van der Waals surface area contributed by atoms with Crippen molar-refractivity contribution in [3.63, 3.8) is 0 Å². The maximum absolute atomic E-state index is 12.5. The normalized spacial score (nSPS) is 15.7. The fraction of sp³-hybridized carbons (Fsp3) is 0.308. The molecule has 5 nitrogen and oxygen atoms in total. The Balaban J connectivity index is 1.30. The molecule has 0 radical (unpaired) electrons. The van der Waals surface area contributed by atoms with E-state index in [-0.39, 0.29) is 5.91 Å². The van der Waals surface area contributed by atoms with Crippen LogP contribution < -0.4 is 5.32 Å². The van der Waals surface area contributed by atoms with Crippen LogP contribution in [0.4, 0.5) is 5.82 Å². The van der Waals surface area contributed by atoms with Gasteiger partial charge in [-0.1, -0.05) is 72.3 Å². The summed E-state index contributed by atoms with van der Waals surface area (Å²) in [5.41, 5.74) is 3.64. The van der Waals surface area contributed by atoms with E-state index in [1.54, 1.807) is 6.20 Å². The minimum Gasteiger partial charge on any atom is -0.311 e. The first-order valence-electron chi connectivity index (χ1n) is 11.0. The number of carbonyl (C=O) groups is 1. The van der Waals surface area contributed by atoms with Crippen LogP contribution in [0.25, 0.3) is 6.08 Å². The van der Waals surface area contributed by atoms with E-state index in [1.165, 1.54) is 11.1 Å². The maximum Gasteiger partial charge on any atom is 0.229 e. The van der Waals surface area contributed by atoms with Crippen molar-refractivity contribution in [1.29, 1.82) is 0 Å². The molecular formula is C26H30N4O. The first-order valence-corrected chi connectivity index (χ1v) is 11.0. The average Bonchev–Trinajstić information content (AvgIpc) is 3.23. The van der Waals surface area contributed by atoms with Crippen molar-refractivity contribution in [1.82, 2.24) is 14.7 Å². The van der Waals surface area contributed by atoms with Crippen molar-refractivity contribution in [3.05, 3.63) is 89.6 Å². The van der Waals surface area contributed by atoms with E-state index >= 15 is 0 Å². The Morgan fingerprint density at radius 3 is 2.42 bits per heavy atom. The van der Waals surface area contributed by atoms with Gasteiger partial charge in [0.05, 0.1) is 18.7 Å². The maximum atomic E-state index is 12.5. The largest absolute Gasteiger partial charge is 0.311 e. The number of aromatic nitrogens is 2. The number of nitrogens with zero attached hydrogens (tertiary/aromatic N) is 3. The molecule has 2 heterocycles. The van der Waals surface area contributed by atoms with Crippen LogP contribution >= 0.6 is 0 Å². The summed E-state index contributed by atoms with van der Waals surface area (Å²) in [6, 6.07) is 22.5. The molecule has 31 heavy (non-hydrogen) atoms. The van der Waals surface area contributed by atoms with Crippen molar-refractivity contribution in [2.24, 2.45) is 0 Å². The predicted molar refractivity (Wildman–Crippen MR) is 126 cm³/mol. The van der Waals surface area contributed by atoms with Gasteiger partial charge in [0, 0.05) is 25.7 Å². The summed E-state index contributed by atoms with van der Waals surface area (Å²) < 4.78 is 1.99. The van der Waals surface area contributed by atoms with Gasteiger partial charge in [0.1, 0.15) is 5.82 Å². The summed E-state index contributed by atoms with van der Waals surface area (Å²) in [4.78, 5) is 15.0. The van der Waals surface area contributed by atoms with Gasteiger partial charge in [0.15, 0.2) is 0 Å². The lowest BCUT2D eigenvalue weighted by Gasteiger charge is -2.33. The SMILES string of the molecule is C/C(=C\c1ccccc1)CN1CCC(n2nccc2NC(=O)Cc2ccccc2)CC1. The smallest absolute Gasteiger partial charge is 0.229 e. The van der Waals surface area contributed by atoms with Gasteiger partial charge in [-0.3, -0.25) is 9.69 Å². The standard InChI is InChI=1S/C26H30N4O/c1-21(18-22-8-4-2-5-9-22)20-29-16-13-24(14-17-29)30-25(12-15-27-30)28-26(31)19-23-10-6-3-7-11-23/h2-12,15,18,24H,13-14,16-17,19-20H2,1H3,(H,28,31)/b21-18+. The number of nitrogens with one attached hydrogen (secondary N) is 1. The molecule has 1 saturated heterocycles. The lowest BCUT2D eigenvalue weighted by atomic mass is 10.0. The van der Waals surface area contributed by atoms with Gasteiger partial charge < -0.3 is 5.32 Å². The number of hydrogen-bond acceptors (Lipinski definition) is 3. The topological polar surface area (TPSA) is 50.2 Å². The van der Waals surface area contributed by atoms with Crippen molar-refractivity contribution in [2.45, 2.75) is 32.2 Å². The number of hydrogen-bond donors (Lipinski definition) is 1. The number of rotatable bonds is 7. The molecule has 0 aliphatic carbocycles. The molecule has 5 heteroatoms. The van der Waals surface area contributed by atoms with Crippen LogP contribution in [0.2, 0.25) is 0 Å². The molecule has 160 valence electrons. The monoisotopic (exact) mass is 414 g/mol. The molecule has 2 aromatic carbocycles. The van der Waals surface area contributed by atoms with E-state index in [0.717, 1.165) is 43.9 Å². The summed E-state index contributed by atoms with van der Waals surface area (Å²) in [5.74, 6) is 0.784. The molecule has 0 unspecified atom stereocenters. The van der Waals surface area contributed by atoms with E-state index in [0.29, 0.717) is 12.5 Å². The summed E-state index contributed by atoms with van der Waals surface area (Å²) >= 11 is 0. The quantitative estimate of drug-likeness (QED) is 0.604. The number of carbonyl (C=O) groups excluding carboxylic acids is 1. The molecule has 1 N–H and O–H groups in total. The lowest BCUT2D eigenvalue weighted by Crippen LogP contribution is -2.36. The Morgan fingerprint density at radius 1 is 1.03 bits per heavy atom. The van der Waals surface area contributed by atoms with Gasteiger partial charge in [-0.2, -0.15) is 5.10 Å². The predicted octanol–water partition coefficient (Wildman–Crippen LogP) is 4.80. The molecule has 3 aromatic rings. The van der Waals surface area contributed by atoms with Gasteiger partial charge >= 0.3 is 0 Å². The number of benzene rings is 2. The Kier molecular flexibility index (Phi) is 6.95. The lowest BCUT2D eigenvalue weighted by molar-refractivity contribution is -0.115. The number of piperidine rings is 1. The minimum atomic E-state index is -0.00735. The van der Waals surface area contributed by atoms with Gasteiger partial charge in [0.25, 0.3) is 0 Å². The van der Waals surface area contributed by atoms with Gasteiger partial charge in [-0.15, -0.1) is 0 Å². The molecular weight excluding hydrogens is 384 g/mol. The zero-order valence-corrected chi connectivity index (χ0v) is 18.1. The van der Waals surface area contributed by atoms with E-state index in [2.05, 4.69) is 52.6 Å². The second-order valence-electron chi connectivity index (χ2n) is 8.28. The molecule has 0 saturated carbocycles. The number of anilines is 1. The third-order valence-corrected chi connectivity index (χ3v) is 5.73. The molecule has 0 atom stereocenters. The molecule has 0 spiro atoms. The van der Waals surface area contributed by atoms with Crippen molar-refractivity contribution in [2.75, 3.05) is 25.0 Å². The van der Waals surface area contributed by atoms with Gasteiger partial charge in [-0.05, 0) is 30.9 Å². The Morgan fingerprint density at radius 2 is 1.71 bits per heavy atom. The van der Waals surface area contributed by atoms with Crippen LogP contribution in [-0.4, -0.2) is 40.2 Å². The first-order chi connectivity index (χ1) is 15.2. The number of amides is 1. The van der Waals surface area contributed by atoms with E-state index in [4.69, 9.17) is 0 Å². The van der Waals surface area contributed by atoms with E-state index in [1.807, 2.05) is 47.1 Å². The van der Waals surface area contributed by atoms with Gasteiger partial charge in [-0.25, -0.2) is 4.68 Å². The highest BCUT2D eigenvalue weighted by Crippen LogP contribution is 2.26. The minimum absolute atomic E-state index is 0.00735. The van der Waals surface area contributed by atoms with Crippen LogP contribution in [-0.2, 0) is 11.2 Å². The summed E-state index contributed by atoms with van der Waals surface area (Å²) in [6.45, 7) is 5.25. The Labute approximate surface area is 184 Å². The molecule has 1 fully saturated rings. The fourth-order valence-electron chi connectivity index (χ4n) is 4.23. The zero-order valence-electron chi connectivity index (χ0n) is 18.1. The second-order valence-corrected chi connectivity index (χ2v) is 8.28. The molecule has 1 aliphatic rings. The van der Waals surface area contributed by atoms with Crippen LogP contribution in [0.1, 0.15) is 36.9 Å². The Hall–Kier alpha value is -3.18. The van der Waals surface area contributed by atoms with Crippen LogP contribution in [0, 0.1) is 0 Å². The highest BCUT2D eigenvalue weighted by Gasteiger charge is 2.23. The van der Waals surface area contributed by atoms with Gasteiger partial charge in [0.2, 0.25) is 5.91 Å². The first kappa shape index (κ1) is 21.1. The molecule has 1 aromatic heterocycles. The third-order valence-electron chi connectivity index (χ3n) is 5.73. The highest BCUT2D eigenvalue weighted by atomic mass is 16.1. The molecule has 0 bridgehead atoms. The van der Waals surface area contributed by atoms with E-state index < -0.39 is 0 Å². The van der Waals surface area contributed by atoms with Crippen LogP contribution in [0.5, 0.6) is 0 Å². The van der Waals surface area contributed by atoms with E-state index in [9.17, 15) is 4.79 Å².